The minimum Gasteiger partial charge on any atom is -0.291 e. The van der Waals surface area contributed by atoms with E-state index in [4.69, 9.17) is 0 Å². The lowest BCUT2D eigenvalue weighted by Crippen LogP contribution is -2.55. The molecule has 160 valence electrons. The van der Waals surface area contributed by atoms with E-state index >= 15 is 0 Å². The van der Waals surface area contributed by atoms with E-state index in [2.05, 4.69) is 68.3 Å². The molecule has 0 radical (unpaired) electrons. The molecule has 0 aromatic heterocycles. The predicted octanol–water partition coefficient (Wildman–Crippen LogP) is 5.21. The number of rotatable bonds is 17. The van der Waals surface area contributed by atoms with Crippen molar-refractivity contribution in [3.05, 3.63) is 36.4 Å². The van der Waals surface area contributed by atoms with Crippen molar-refractivity contribution in [2.45, 2.75) is 84.9 Å². The van der Waals surface area contributed by atoms with Gasteiger partial charge in [-0.25, -0.2) is 0 Å². The van der Waals surface area contributed by atoms with E-state index in [1.165, 1.54) is 83.1 Å². The van der Waals surface area contributed by atoms with Gasteiger partial charge in [0.05, 0.1) is 15.3 Å². The monoisotopic (exact) mass is 402 g/mol. The van der Waals surface area contributed by atoms with Crippen molar-refractivity contribution < 1.29 is 0 Å². The SMILES string of the molecule is C=Cc1ccc([SiH2]C(N(CCCC)CCCC)N(CCCC)CCCC)cc1. The second-order valence-electron chi connectivity index (χ2n) is 8.12. The summed E-state index contributed by atoms with van der Waals surface area (Å²) in [6.07, 6.45) is 12.4. The molecule has 0 saturated carbocycles. The molecule has 0 amide bonds. The minimum atomic E-state index is -0.410. The fourth-order valence-corrected chi connectivity index (χ4v) is 5.93. The van der Waals surface area contributed by atoms with Gasteiger partial charge in [0.1, 0.15) is 0 Å². The zero-order valence-corrected chi connectivity index (χ0v) is 20.7. The van der Waals surface area contributed by atoms with Crippen LogP contribution < -0.4 is 5.19 Å². The molecule has 0 aliphatic rings. The highest BCUT2D eigenvalue weighted by Gasteiger charge is 2.25. The lowest BCUT2D eigenvalue weighted by molar-refractivity contribution is 0.0911. The molecule has 0 spiro atoms. The summed E-state index contributed by atoms with van der Waals surface area (Å²) < 4.78 is 0. The van der Waals surface area contributed by atoms with Crippen LogP contribution in [0.5, 0.6) is 0 Å². The van der Waals surface area contributed by atoms with Gasteiger partial charge < -0.3 is 0 Å². The van der Waals surface area contributed by atoms with Crippen molar-refractivity contribution in [1.29, 1.82) is 0 Å². The Balaban J connectivity index is 3.07. The molecule has 0 N–H and O–H groups in total. The maximum atomic E-state index is 3.91. The Morgan fingerprint density at radius 2 is 1.14 bits per heavy atom. The van der Waals surface area contributed by atoms with Crippen molar-refractivity contribution in [3.8, 4) is 0 Å². The third kappa shape index (κ3) is 9.53. The molecule has 0 saturated heterocycles. The van der Waals surface area contributed by atoms with E-state index in [-0.39, 0.29) is 0 Å². The van der Waals surface area contributed by atoms with E-state index in [1.54, 1.807) is 5.19 Å². The number of hydrogen-bond donors (Lipinski definition) is 0. The molecule has 1 aromatic carbocycles. The van der Waals surface area contributed by atoms with Crippen LogP contribution in [0.2, 0.25) is 0 Å². The molecule has 0 fully saturated rings. The van der Waals surface area contributed by atoms with Gasteiger partial charge in [-0.05, 0) is 57.4 Å². The summed E-state index contributed by atoms with van der Waals surface area (Å²) >= 11 is 0. The second kappa shape index (κ2) is 16.0. The van der Waals surface area contributed by atoms with E-state index in [0.717, 1.165) is 0 Å². The van der Waals surface area contributed by atoms with Crippen LogP contribution in [0.15, 0.2) is 30.8 Å². The Morgan fingerprint density at radius 1 is 0.750 bits per heavy atom. The van der Waals surface area contributed by atoms with Gasteiger partial charge in [0.2, 0.25) is 0 Å². The first-order valence-electron chi connectivity index (χ1n) is 11.9. The molecule has 1 rings (SSSR count). The largest absolute Gasteiger partial charge is 0.291 e. The van der Waals surface area contributed by atoms with Crippen molar-refractivity contribution >= 4 is 20.8 Å². The Bertz CT molecular complexity index is 464. The average Bonchev–Trinajstić information content (AvgIpc) is 2.73. The first-order valence-corrected chi connectivity index (χ1v) is 13.4. The molecular weight excluding hydrogens is 356 g/mol. The van der Waals surface area contributed by atoms with Crippen LogP contribution in [0.1, 0.15) is 84.6 Å². The smallest absolute Gasteiger partial charge is 0.0922 e. The van der Waals surface area contributed by atoms with E-state index in [1.807, 2.05) is 6.08 Å². The summed E-state index contributed by atoms with van der Waals surface area (Å²) in [6, 6.07) is 9.23. The molecule has 0 aliphatic heterocycles. The zero-order chi connectivity index (χ0) is 20.6. The van der Waals surface area contributed by atoms with Crippen LogP contribution in [0, 0.1) is 0 Å². The molecule has 0 bridgehead atoms. The van der Waals surface area contributed by atoms with E-state index in [0.29, 0.717) is 5.79 Å². The molecule has 1 aromatic rings. The van der Waals surface area contributed by atoms with Crippen LogP contribution in [0.3, 0.4) is 0 Å². The quantitative estimate of drug-likeness (QED) is 0.261. The number of benzene rings is 1. The van der Waals surface area contributed by atoms with Gasteiger partial charge in [-0.2, -0.15) is 0 Å². The lowest BCUT2D eigenvalue weighted by atomic mass is 10.2. The Kier molecular flexibility index (Phi) is 14.3. The molecule has 0 heterocycles. The van der Waals surface area contributed by atoms with Gasteiger partial charge in [-0.3, -0.25) is 9.80 Å². The summed E-state index contributed by atoms with van der Waals surface area (Å²) in [4.78, 5) is 5.71. The normalized spacial score (nSPS) is 12.1. The summed E-state index contributed by atoms with van der Waals surface area (Å²) in [6.45, 7) is 18.2. The van der Waals surface area contributed by atoms with Gasteiger partial charge in [-0.1, -0.05) is 95.5 Å². The standard InChI is InChI=1S/C25H46N2Si/c1-6-11-19-26(20-12-7-2)25(27(21-13-8-3)22-14-9-4)28-24-17-15-23(10-5)16-18-24/h10,15-18,25H,5-9,11-14,19-22,28H2,1-4H3. The van der Waals surface area contributed by atoms with Gasteiger partial charge in [0.15, 0.2) is 0 Å². The van der Waals surface area contributed by atoms with Crippen molar-refractivity contribution in [1.82, 2.24) is 9.80 Å². The first-order chi connectivity index (χ1) is 13.7. The maximum Gasteiger partial charge on any atom is 0.0922 e. The lowest BCUT2D eigenvalue weighted by Gasteiger charge is -2.40. The fraction of sp³-hybridized carbons (Fsp3) is 0.680. The maximum absolute atomic E-state index is 3.91. The summed E-state index contributed by atoms with van der Waals surface area (Å²) in [5.74, 6) is 0.658. The zero-order valence-electron chi connectivity index (χ0n) is 19.3. The van der Waals surface area contributed by atoms with E-state index < -0.39 is 9.52 Å². The average molecular weight is 403 g/mol. The summed E-state index contributed by atoms with van der Waals surface area (Å²) in [5.41, 5.74) is 1.23. The van der Waals surface area contributed by atoms with Crippen LogP contribution in [0.4, 0.5) is 0 Å². The highest BCUT2D eigenvalue weighted by Crippen LogP contribution is 2.13. The van der Waals surface area contributed by atoms with Crippen LogP contribution >= 0.6 is 0 Å². The summed E-state index contributed by atoms with van der Waals surface area (Å²) in [5, 5.41) is 1.59. The topological polar surface area (TPSA) is 6.48 Å². The highest BCUT2D eigenvalue weighted by molar-refractivity contribution is 6.54. The fourth-order valence-electron chi connectivity index (χ4n) is 3.75. The molecule has 2 nitrogen and oxygen atoms in total. The van der Waals surface area contributed by atoms with Gasteiger partial charge in [0.25, 0.3) is 0 Å². The van der Waals surface area contributed by atoms with Gasteiger partial charge in [-0.15, -0.1) is 0 Å². The molecule has 0 aliphatic carbocycles. The van der Waals surface area contributed by atoms with Crippen LogP contribution in [-0.4, -0.2) is 51.3 Å². The van der Waals surface area contributed by atoms with Crippen molar-refractivity contribution in [2.75, 3.05) is 26.2 Å². The van der Waals surface area contributed by atoms with Crippen LogP contribution in [-0.2, 0) is 0 Å². The number of nitrogens with zero attached hydrogens (tertiary/aromatic N) is 2. The number of hydrogen-bond acceptors (Lipinski definition) is 2. The third-order valence-electron chi connectivity index (χ3n) is 5.67. The molecule has 0 atom stereocenters. The summed E-state index contributed by atoms with van der Waals surface area (Å²) in [7, 11) is -0.410. The van der Waals surface area contributed by atoms with Gasteiger partial charge in [0, 0.05) is 0 Å². The molecular formula is C25H46N2Si. The third-order valence-corrected chi connectivity index (χ3v) is 8.01. The Hall–Kier alpha value is -0.903. The first kappa shape index (κ1) is 25.1. The Morgan fingerprint density at radius 3 is 1.46 bits per heavy atom. The van der Waals surface area contributed by atoms with Crippen molar-refractivity contribution in [2.24, 2.45) is 0 Å². The minimum absolute atomic E-state index is 0.410. The molecule has 0 unspecified atom stereocenters. The van der Waals surface area contributed by atoms with Crippen LogP contribution in [0.25, 0.3) is 6.08 Å². The number of unbranched alkanes of at least 4 members (excludes halogenated alkanes) is 4. The highest BCUT2D eigenvalue weighted by atomic mass is 28.2. The second-order valence-corrected chi connectivity index (χ2v) is 10.1. The predicted molar refractivity (Wildman–Crippen MR) is 131 cm³/mol. The van der Waals surface area contributed by atoms with Crippen molar-refractivity contribution in [3.63, 3.8) is 0 Å². The molecule has 3 heteroatoms. The van der Waals surface area contributed by atoms with E-state index in [9.17, 15) is 0 Å². The van der Waals surface area contributed by atoms with Gasteiger partial charge >= 0.3 is 0 Å². The Labute approximate surface area is 178 Å². The molecule has 28 heavy (non-hydrogen) atoms.